The fourth-order valence-electron chi connectivity index (χ4n) is 3.94. The Labute approximate surface area is 175 Å². The number of urea groups is 2. The lowest BCUT2D eigenvalue weighted by atomic mass is 9.87. The second-order valence-corrected chi connectivity index (χ2v) is 7.63. The van der Waals surface area contributed by atoms with Crippen LogP contribution in [-0.2, 0) is 4.79 Å². The summed E-state index contributed by atoms with van der Waals surface area (Å²) >= 11 is 0. The van der Waals surface area contributed by atoms with Gasteiger partial charge >= 0.3 is 12.1 Å². The fraction of sp³-hybridized carbons (Fsp3) is 0.261. The quantitative estimate of drug-likeness (QED) is 0.598. The summed E-state index contributed by atoms with van der Waals surface area (Å²) in [5.74, 6) is 2.27. The van der Waals surface area contributed by atoms with Crippen LogP contribution < -0.4 is 15.5 Å². The highest BCUT2D eigenvalue weighted by atomic mass is 16.2. The Kier molecular flexibility index (Phi) is 4.92. The number of carbonyl (C=O) groups is 3. The van der Waals surface area contributed by atoms with Crippen LogP contribution in [-0.4, -0.2) is 41.5 Å². The number of rotatable bonds is 2. The third kappa shape index (κ3) is 3.48. The van der Waals surface area contributed by atoms with Gasteiger partial charge in [0.25, 0.3) is 5.91 Å². The molecule has 2 aromatic rings. The number of anilines is 2. The van der Waals surface area contributed by atoms with Crippen LogP contribution in [0.15, 0.2) is 48.5 Å². The third-order valence-electron chi connectivity index (χ3n) is 5.61. The maximum atomic E-state index is 13.1. The van der Waals surface area contributed by atoms with Crippen molar-refractivity contribution in [3.63, 3.8) is 0 Å². The second-order valence-electron chi connectivity index (χ2n) is 7.63. The summed E-state index contributed by atoms with van der Waals surface area (Å²) in [6, 6.07) is 13.7. The lowest BCUT2D eigenvalue weighted by Gasteiger charge is -2.37. The number of terminal acetylenes is 1. The average molecular weight is 402 g/mol. The first-order valence-electron chi connectivity index (χ1n) is 9.78. The number of benzene rings is 2. The fourth-order valence-corrected chi connectivity index (χ4v) is 3.94. The first-order chi connectivity index (χ1) is 14.4. The van der Waals surface area contributed by atoms with Crippen molar-refractivity contribution in [2.45, 2.75) is 25.3 Å². The molecule has 0 atom stereocenters. The van der Waals surface area contributed by atoms with Crippen molar-refractivity contribution in [3.05, 3.63) is 59.7 Å². The Morgan fingerprint density at radius 1 is 1.13 bits per heavy atom. The molecular weight excluding hydrogens is 380 g/mol. The van der Waals surface area contributed by atoms with E-state index in [0.29, 0.717) is 42.9 Å². The van der Waals surface area contributed by atoms with Crippen molar-refractivity contribution in [1.29, 1.82) is 0 Å². The molecule has 2 aliphatic heterocycles. The summed E-state index contributed by atoms with van der Waals surface area (Å²) in [5.41, 5.74) is 1.85. The Morgan fingerprint density at radius 2 is 1.87 bits per heavy atom. The molecule has 2 aliphatic rings. The molecule has 0 radical (unpaired) electrons. The lowest BCUT2D eigenvalue weighted by molar-refractivity contribution is -0.123. The van der Waals surface area contributed by atoms with Crippen LogP contribution in [0.5, 0.6) is 0 Å². The van der Waals surface area contributed by atoms with Gasteiger partial charge in [-0.2, -0.15) is 0 Å². The zero-order valence-corrected chi connectivity index (χ0v) is 16.6. The van der Waals surface area contributed by atoms with Crippen molar-refractivity contribution in [2.75, 3.05) is 23.3 Å². The van der Waals surface area contributed by atoms with E-state index < -0.39 is 11.6 Å². The SMILES string of the molecule is C#Cc1cccc(NC(=O)N2CCC3(CC2)NC(=O)N(c2cccc(C)c2)C3=O)c1. The summed E-state index contributed by atoms with van der Waals surface area (Å²) in [5, 5.41) is 5.70. The van der Waals surface area contributed by atoms with Gasteiger partial charge < -0.3 is 15.5 Å². The normalized spacial score (nSPS) is 17.6. The molecule has 2 heterocycles. The summed E-state index contributed by atoms with van der Waals surface area (Å²) in [4.78, 5) is 41.2. The minimum atomic E-state index is -0.971. The van der Waals surface area contributed by atoms with Gasteiger partial charge in [-0.3, -0.25) is 4.79 Å². The van der Waals surface area contributed by atoms with Gasteiger partial charge in [-0.15, -0.1) is 6.42 Å². The number of amides is 5. The first-order valence-corrected chi connectivity index (χ1v) is 9.78. The van der Waals surface area contributed by atoms with Gasteiger partial charge in [-0.1, -0.05) is 24.1 Å². The van der Waals surface area contributed by atoms with Gasteiger partial charge in [0.15, 0.2) is 0 Å². The molecular formula is C23H22N4O3. The average Bonchev–Trinajstić information content (AvgIpc) is 2.97. The van der Waals surface area contributed by atoms with E-state index in [0.717, 1.165) is 5.56 Å². The highest BCUT2D eigenvalue weighted by molar-refractivity contribution is 6.23. The van der Waals surface area contributed by atoms with Crippen molar-refractivity contribution < 1.29 is 14.4 Å². The summed E-state index contributed by atoms with van der Waals surface area (Å²) in [6.45, 7) is 2.62. The lowest BCUT2D eigenvalue weighted by Crippen LogP contribution is -2.56. The van der Waals surface area contributed by atoms with E-state index in [2.05, 4.69) is 16.6 Å². The van der Waals surface area contributed by atoms with E-state index in [9.17, 15) is 14.4 Å². The Hall–Kier alpha value is -3.79. The molecule has 7 heteroatoms. The number of hydrogen-bond acceptors (Lipinski definition) is 3. The van der Waals surface area contributed by atoms with Crippen molar-refractivity contribution >= 4 is 29.3 Å². The maximum absolute atomic E-state index is 13.1. The van der Waals surface area contributed by atoms with E-state index in [1.807, 2.05) is 25.1 Å². The van der Waals surface area contributed by atoms with E-state index in [-0.39, 0.29) is 11.9 Å². The van der Waals surface area contributed by atoms with E-state index in [1.165, 1.54) is 4.90 Å². The molecule has 5 amide bonds. The molecule has 2 saturated heterocycles. The summed E-state index contributed by atoms with van der Waals surface area (Å²) in [7, 11) is 0. The van der Waals surface area contributed by atoms with Crippen LogP contribution in [0.1, 0.15) is 24.0 Å². The number of imide groups is 1. The summed E-state index contributed by atoms with van der Waals surface area (Å²) < 4.78 is 0. The number of nitrogens with one attached hydrogen (secondary N) is 2. The Morgan fingerprint density at radius 3 is 2.57 bits per heavy atom. The predicted octanol–water partition coefficient (Wildman–Crippen LogP) is 3.10. The molecule has 0 aromatic heterocycles. The molecule has 0 saturated carbocycles. The molecule has 2 N–H and O–H groups in total. The molecule has 0 aliphatic carbocycles. The van der Waals surface area contributed by atoms with Gasteiger partial charge in [0.05, 0.1) is 5.69 Å². The van der Waals surface area contributed by atoms with Crippen molar-refractivity contribution in [3.8, 4) is 12.3 Å². The molecule has 152 valence electrons. The minimum Gasteiger partial charge on any atom is -0.324 e. The maximum Gasteiger partial charge on any atom is 0.329 e. The summed E-state index contributed by atoms with van der Waals surface area (Å²) in [6.07, 6.45) is 6.12. The number of nitrogens with zero attached hydrogens (tertiary/aromatic N) is 2. The predicted molar refractivity (Wildman–Crippen MR) is 114 cm³/mol. The Bertz CT molecular complexity index is 1060. The Balaban J connectivity index is 1.43. The van der Waals surface area contributed by atoms with Crippen LogP contribution in [0.25, 0.3) is 0 Å². The molecule has 0 unspecified atom stereocenters. The highest BCUT2D eigenvalue weighted by Gasteiger charge is 2.53. The van der Waals surface area contributed by atoms with E-state index in [1.54, 1.807) is 35.2 Å². The second kappa shape index (κ2) is 7.56. The molecule has 7 nitrogen and oxygen atoms in total. The number of likely N-dealkylation sites (tertiary alicyclic amines) is 1. The van der Waals surface area contributed by atoms with Crippen molar-refractivity contribution in [1.82, 2.24) is 10.2 Å². The number of carbonyl (C=O) groups excluding carboxylic acids is 3. The van der Waals surface area contributed by atoms with Gasteiger partial charge in [0.1, 0.15) is 5.54 Å². The van der Waals surface area contributed by atoms with Gasteiger partial charge in [-0.25, -0.2) is 14.5 Å². The van der Waals surface area contributed by atoms with Crippen molar-refractivity contribution in [2.24, 2.45) is 0 Å². The monoisotopic (exact) mass is 402 g/mol. The zero-order chi connectivity index (χ0) is 21.3. The zero-order valence-electron chi connectivity index (χ0n) is 16.6. The van der Waals surface area contributed by atoms with Gasteiger partial charge in [-0.05, 0) is 55.7 Å². The van der Waals surface area contributed by atoms with Gasteiger partial charge in [0, 0.05) is 24.3 Å². The number of aryl methyl sites for hydroxylation is 1. The van der Waals surface area contributed by atoms with Gasteiger partial charge in [0.2, 0.25) is 0 Å². The smallest absolute Gasteiger partial charge is 0.324 e. The molecule has 2 aromatic carbocycles. The molecule has 4 rings (SSSR count). The molecule has 0 bridgehead atoms. The van der Waals surface area contributed by atoms with E-state index in [4.69, 9.17) is 6.42 Å². The molecule has 1 spiro atoms. The van der Waals surface area contributed by atoms with Crippen LogP contribution >= 0.6 is 0 Å². The van der Waals surface area contributed by atoms with E-state index >= 15 is 0 Å². The molecule has 30 heavy (non-hydrogen) atoms. The van der Waals surface area contributed by atoms with Crippen LogP contribution in [0, 0.1) is 19.3 Å². The number of piperidine rings is 1. The number of hydrogen-bond donors (Lipinski definition) is 2. The largest absolute Gasteiger partial charge is 0.329 e. The van der Waals surface area contributed by atoms with Crippen LogP contribution in [0.2, 0.25) is 0 Å². The van der Waals surface area contributed by atoms with Crippen LogP contribution in [0.3, 0.4) is 0 Å². The standard InChI is InChI=1S/C23H22N4O3/c1-3-17-7-5-8-18(15-17)24-21(29)26-12-10-23(11-13-26)20(28)27(22(30)25-23)19-9-4-6-16(2)14-19/h1,4-9,14-15H,10-13H2,2H3,(H,24,29)(H,25,30). The first kappa shape index (κ1) is 19.5. The topological polar surface area (TPSA) is 81.8 Å². The highest BCUT2D eigenvalue weighted by Crippen LogP contribution is 2.33. The third-order valence-corrected chi connectivity index (χ3v) is 5.61. The minimum absolute atomic E-state index is 0.258. The van der Waals surface area contributed by atoms with Crippen LogP contribution in [0.4, 0.5) is 21.0 Å². The molecule has 2 fully saturated rings.